The SMILES string of the molecule is CSCCC(NN)c1ccc2c(c1)OCCCO2. The summed E-state index contributed by atoms with van der Waals surface area (Å²) in [7, 11) is 0. The third-order valence-electron chi connectivity index (χ3n) is 2.99. The van der Waals surface area contributed by atoms with Gasteiger partial charge in [0.2, 0.25) is 0 Å². The lowest BCUT2D eigenvalue weighted by Gasteiger charge is -2.17. The molecule has 0 saturated heterocycles. The Hall–Kier alpha value is -0.910. The first kappa shape index (κ1) is 13.5. The molecule has 0 radical (unpaired) electrons. The predicted octanol–water partition coefficient (Wildman–Crippen LogP) is 2.11. The molecule has 3 N–H and O–H groups in total. The van der Waals surface area contributed by atoms with E-state index in [2.05, 4.69) is 17.7 Å². The first-order valence-electron chi connectivity index (χ1n) is 6.19. The van der Waals surface area contributed by atoms with Crippen LogP contribution in [0.1, 0.15) is 24.4 Å². The number of fused-ring (bicyclic) bond motifs is 1. The van der Waals surface area contributed by atoms with E-state index in [1.54, 1.807) is 0 Å². The van der Waals surface area contributed by atoms with E-state index in [0.29, 0.717) is 6.61 Å². The summed E-state index contributed by atoms with van der Waals surface area (Å²) >= 11 is 1.82. The second-order valence-corrected chi connectivity index (χ2v) is 5.24. The number of nitrogens with two attached hydrogens (primary N) is 1. The van der Waals surface area contributed by atoms with Crippen LogP contribution in [0.4, 0.5) is 0 Å². The van der Waals surface area contributed by atoms with Crippen LogP contribution in [0.25, 0.3) is 0 Å². The van der Waals surface area contributed by atoms with Crippen molar-refractivity contribution in [3.05, 3.63) is 23.8 Å². The van der Waals surface area contributed by atoms with Crippen LogP contribution in [0.15, 0.2) is 18.2 Å². The minimum Gasteiger partial charge on any atom is -0.490 e. The van der Waals surface area contributed by atoms with Crippen molar-refractivity contribution in [1.29, 1.82) is 0 Å². The zero-order chi connectivity index (χ0) is 12.8. The molecule has 1 aliphatic heterocycles. The van der Waals surface area contributed by atoms with Gasteiger partial charge in [0.05, 0.1) is 13.2 Å². The van der Waals surface area contributed by atoms with E-state index >= 15 is 0 Å². The smallest absolute Gasteiger partial charge is 0.161 e. The highest BCUT2D eigenvalue weighted by molar-refractivity contribution is 7.98. The summed E-state index contributed by atoms with van der Waals surface area (Å²) in [5.41, 5.74) is 4.01. The average Bonchev–Trinajstić information content (AvgIpc) is 2.64. The molecule has 5 heteroatoms. The third-order valence-corrected chi connectivity index (χ3v) is 3.63. The number of rotatable bonds is 5. The predicted molar refractivity (Wildman–Crippen MR) is 75.1 cm³/mol. The molecule has 0 aliphatic carbocycles. The molecule has 1 heterocycles. The van der Waals surface area contributed by atoms with Crippen LogP contribution in [-0.2, 0) is 0 Å². The van der Waals surface area contributed by atoms with Gasteiger partial charge in [-0.15, -0.1) is 0 Å². The molecular weight excluding hydrogens is 248 g/mol. The van der Waals surface area contributed by atoms with E-state index in [9.17, 15) is 0 Å². The lowest BCUT2D eigenvalue weighted by Crippen LogP contribution is -2.28. The molecule has 1 unspecified atom stereocenters. The Morgan fingerprint density at radius 1 is 1.33 bits per heavy atom. The number of nitrogens with one attached hydrogen (secondary N) is 1. The zero-order valence-corrected chi connectivity index (χ0v) is 11.5. The number of hydrogen-bond acceptors (Lipinski definition) is 5. The molecule has 0 amide bonds. The molecule has 0 fully saturated rings. The lowest BCUT2D eigenvalue weighted by atomic mass is 10.0. The van der Waals surface area contributed by atoms with Gasteiger partial charge in [0.15, 0.2) is 11.5 Å². The van der Waals surface area contributed by atoms with Gasteiger partial charge in [0.25, 0.3) is 0 Å². The molecule has 0 saturated carbocycles. The fraction of sp³-hybridized carbons (Fsp3) is 0.538. The van der Waals surface area contributed by atoms with E-state index in [4.69, 9.17) is 15.3 Å². The maximum absolute atomic E-state index is 5.69. The van der Waals surface area contributed by atoms with Crippen molar-refractivity contribution in [2.24, 2.45) is 5.84 Å². The summed E-state index contributed by atoms with van der Waals surface area (Å²) in [6.07, 6.45) is 4.02. The molecule has 0 aromatic heterocycles. The molecular formula is C13H20N2O2S. The Morgan fingerprint density at radius 2 is 2.11 bits per heavy atom. The van der Waals surface area contributed by atoms with Crippen LogP contribution >= 0.6 is 11.8 Å². The van der Waals surface area contributed by atoms with E-state index in [-0.39, 0.29) is 6.04 Å². The Balaban J connectivity index is 2.15. The highest BCUT2D eigenvalue weighted by Crippen LogP contribution is 2.33. The van der Waals surface area contributed by atoms with Crippen LogP contribution in [0, 0.1) is 0 Å². The summed E-state index contributed by atoms with van der Waals surface area (Å²) in [6, 6.07) is 6.22. The maximum Gasteiger partial charge on any atom is 0.161 e. The average molecular weight is 268 g/mol. The van der Waals surface area contributed by atoms with Crippen LogP contribution < -0.4 is 20.7 Å². The van der Waals surface area contributed by atoms with Gasteiger partial charge in [-0.1, -0.05) is 6.07 Å². The zero-order valence-electron chi connectivity index (χ0n) is 10.6. The fourth-order valence-corrected chi connectivity index (χ4v) is 2.45. The van der Waals surface area contributed by atoms with Gasteiger partial charge in [-0.05, 0) is 36.1 Å². The molecule has 1 aromatic rings. The monoisotopic (exact) mass is 268 g/mol. The van der Waals surface area contributed by atoms with Gasteiger partial charge < -0.3 is 9.47 Å². The van der Waals surface area contributed by atoms with Gasteiger partial charge >= 0.3 is 0 Å². The summed E-state index contributed by atoms with van der Waals surface area (Å²) < 4.78 is 11.3. The summed E-state index contributed by atoms with van der Waals surface area (Å²) in [4.78, 5) is 0. The molecule has 1 atom stereocenters. The van der Waals surface area contributed by atoms with E-state index < -0.39 is 0 Å². The van der Waals surface area contributed by atoms with Gasteiger partial charge in [0, 0.05) is 12.5 Å². The first-order chi connectivity index (χ1) is 8.85. The molecule has 1 aromatic carbocycles. The topological polar surface area (TPSA) is 56.5 Å². The highest BCUT2D eigenvalue weighted by atomic mass is 32.2. The minimum atomic E-state index is 0.162. The summed E-state index contributed by atoms with van der Waals surface area (Å²) in [5, 5.41) is 0. The van der Waals surface area contributed by atoms with Crippen molar-refractivity contribution in [1.82, 2.24) is 5.43 Å². The van der Waals surface area contributed by atoms with Crippen LogP contribution in [-0.4, -0.2) is 25.2 Å². The van der Waals surface area contributed by atoms with Crippen LogP contribution in [0.5, 0.6) is 11.5 Å². The van der Waals surface area contributed by atoms with Gasteiger partial charge in [-0.2, -0.15) is 11.8 Å². The molecule has 18 heavy (non-hydrogen) atoms. The summed E-state index contributed by atoms with van der Waals surface area (Å²) in [5.74, 6) is 8.35. The standard InChI is InChI=1S/C13H20N2O2S/c1-18-8-5-11(15-14)10-3-4-12-13(9-10)17-7-2-6-16-12/h3-4,9,11,15H,2,5-8,14H2,1H3. The first-order valence-corrected chi connectivity index (χ1v) is 7.59. The normalized spacial score (nSPS) is 16.1. The van der Waals surface area contributed by atoms with Crippen molar-refractivity contribution < 1.29 is 9.47 Å². The lowest BCUT2D eigenvalue weighted by molar-refractivity contribution is 0.297. The van der Waals surface area contributed by atoms with Crippen molar-refractivity contribution in [2.45, 2.75) is 18.9 Å². The second-order valence-electron chi connectivity index (χ2n) is 4.26. The molecule has 100 valence electrons. The van der Waals surface area contributed by atoms with Crippen molar-refractivity contribution >= 4 is 11.8 Å². The molecule has 1 aliphatic rings. The van der Waals surface area contributed by atoms with Crippen LogP contribution in [0.3, 0.4) is 0 Å². The summed E-state index contributed by atoms with van der Waals surface area (Å²) in [6.45, 7) is 1.43. The van der Waals surface area contributed by atoms with E-state index in [1.807, 2.05) is 23.9 Å². The number of benzene rings is 1. The van der Waals surface area contributed by atoms with Gasteiger partial charge in [-0.3, -0.25) is 11.3 Å². The molecule has 2 rings (SSSR count). The Kier molecular flexibility index (Phi) is 5.16. The van der Waals surface area contributed by atoms with Crippen LogP contribution in [0.2, 0.25) is 0 Å². The molecule has 4 nitrogen and oxygen atoms in total. The maximum atomic E-state index is 5.69. The molecule has 0 bridgehead atoms. The number of hydrazine groups is 1. The Bertz CT molecular complexity index is 387. The van der Waals surface area contributed by atoms with Crippen molar-refractivity contribution in [3.63, 3.8) is 0 Å². The van der Waals surface area contributed by atoms with E-state index in [1.165, 1.54) is 0 Å². The van der Waals surface area contributed by atoms with Crippen molar-refractivity contribution in [2.75, 3.05) is 25.2 Å². The van der Waals surface area contributed by atoms with Crippen molar-refractivity contribution in [3.8, 4) is 11.5 Å². The fourth-order valence-electron chi connectivity index (χ4n) is 1.98. The highest BCUT2D eigenvalue weighted by Gasteiger charge is 2.15. The second kappa shape index (κ2) is 6.87. The van der Waals surface area contributed by atoms with Gasteiger partial charge in [0.1, 0.15) is 0 Å². The number of ether oxygens (including phenoxy) is 2. The number of hydrogen-bond donors (Lipinski definition) is 2. The largest absolute Gasteiger partial charge is 0.490 e. The van der Waals surface area contributed by atoms with Gasteiger partial charge in [-0.25, -0.2) is 0 Å². The number of thioether (sulfide) groups is 1. The quantitative estimate of drug-likeness (QED) is 0.633. The minimum absolute atomic E-state index is 0.162. The Labute approximate surface area is 112 Å². The Morgan fingerprint density at radius 3 is 2.83 bits per heavy atom. The third kappa shape index (κ3) is 3.31. The molecule has 0 spiro atoms. The van der Waals surface area contributed by atoms with E-state index in [0.717, 1.165) is 42.3 Å².